The average molecular weight is 696 g/mol. The third-order valence-corrected chi connectivity index (χ3v) is 10.5. The number of anilines is 1. The monoisotopic (exact) mass is 695 g/mol. The molecular weight excluding hydrogens is 654 g/mol. The van der Waals surface area contributed by atoms with E-state index < -0.39 is 11.5 Å². The number of fused-ring (bicyclic) bond motifs is 5. The minimum atomic E-state index is -1.68. The SMILES string of the molecule is CC[C@@]1(O)C(=O)CCc2c1cc1n(c2=O)Cc2cc3c(CN(C)C)c(OC(=O)CCC4CCN(c5ncc(C(=O)NO)cn5)CC4)ccc3nc2-1. The molecule has 14 heteroatoms. The smallest absolute Gasteiger partial charge is 0.311 e. The third-order valence-electron chi connectivity index (χ3n) is 10.5. The second kappa shape index (κ2) is 13.6. The van der Waals surface area contributed by atoms with E-state index in [4.69, 9.17) is 14.9 Å². The predicted molar refractivity (Wildman–Crippen MR) is 187 cm³/mol. The van der Waals surface area contributed by atoms with Crippen LogP contribution in [0.5, 0.6) is 5.75 Å². The largest absolute Gasteiger partial charge is 0.426 e. The number of hydrogen-bond acceptors (Lipinski definition) is 12. The molecule has 1 saturated heterocycles. The number of Topliss-reactive ketones (excluding diaryl/α,β-unsaturated/α-hetero) is 1. The molecule has 1 aliphatic carbocycles. The molecule has 5 heterocycles. The number of hydroxylamine groups is 1. The topological polar surface area (TPSA) is 180 Å². The lowest BCUT2D eigenvalue weighted by Crippen LogP contribution is -2.43. The molecule has 2 aliphatic heterocycles. The Balaban J connectivity index is 1.07. The van der Waals surface area contributed by atoms with Crippen LogP contribution in [0.4, 0.5) is 5.95 Å². The van der Waals surface area contributed by atoms with Crippen LogP contribution < -0.4 is 20.7 Å². The highest BCUT2D eigenvalue weighted by atomic mass is 16.5. The summed E-state index contributed by atoms with van der Waals surface area (Å²) in [6.07, 6.45) is 6.05. The van der Waals surface area contributed by atoms with Gasteiger partial charge in [-0.05, 0) is 76.4 Å². The molecule has 51 heavy (non-hydrogen) atoms. The maximum absolute atomic E-state index is 13.7. The fourth-order valence-electron chi connectivity index (χ4n) is 7.63. The van der Waals surface area contributed by atoms with Crippen LogP contribution in [0.25, 0.3) is 22.3 Å². The summed E-state index contributed by atoms with van der Waals surface area (Å²) in [5, 5.41) is 20.9. The van der Waals surface area contributed by atoms with Gasteiger partial charge < -0.3 is 24.2 Å². The van der Waals surface area contributed by atoms with Gasteiger partial charge in [-0.15, -0.1) is 0 Å². The molecule has 3 aliphatic rings. The first-order valence-corrected chi connectivity index (χ1v) is 17.4. The molecule has 0 radical (unpaired) electrons. The van der Waals surface area contributed by atoms with Gasteiger partial charge in [0.05, 0.1) is 29.0 Å². The van der Waals surface area contributed by atoms with Gasteiger partial charge in [0, 0.05) is 72.5 Å². The van der Waals surface area contributed by atoms with E-state index in [1.807, 2.05) is 36.0 Å². The molecule has 266 valence electrons. The molecule has 1 amide bonds. The molecule has 0 spiro atoms. The number of hydrogen-bond donors (Lipinski definition) is 3. The number of benzene rings is 1. The van der Waals surface area contributed by atoms with Gasteiger partial charge in [-0.3, -0.25) is 24.4 Å². The van der Waals surface area contributed by atoms with E-state index in [1.165, 1.54) is 12.4 Å². The number of piperidine rings is 1. The molecule has 7 rings (SSSR count). The number of esters is 1. The fourth-order valence-corrected chi connectivity index (χ4v) is 7.63. The maximum atomic E-state index is 13.7. The summed E-state index contributed by atoms with van der Waals surface area (Å²) < 4.78 is 7.68. The van der Waals surface area contributed by atoms with E-state index in [1.54, 1.807) is 29.1 Å². The number of ketones is 1. The molecule has 1 fully saturated rings. The zero-order valence-electron chi connectivity index (χ0n) is 28.9. The van der Waals surface area contributed by atoms with Crippen LogP contribution in [0, 0.1) is 5.92 Å². The number of pyridine rings is 2. The van der Waals surface area contributed by atoms with Crippen LogP contribution in [-0.2, 0) is 34.7 Å². The van der Waals surface area contributed by atoms with Gasteiger partial charge in [0.25, 0.3) is 11.5 Å². The van der Waals surface area contributed by atoms with Crippen LogP contribution in [0.2, 0.25) is 0 Å². The van der Waals surface area contributed by atoms with Crippen molar-refractivity contribution in [2.75, 3.05) is 32.1 Å². The van der Waals surface area contributed by atoms with Gasteiger partial charge >= 0.3 is 5.97 Å². The Labute approximate surface area is 294 Å². The van der Waals surface area contributed by atoms with E-state index in [2.05, 4.69) is 9.97 Å². The molecule has 1 aromatic carbocycles. The molecule has 3 N–H and O–H groups in total. The van der Waals surface area contributed by atoms with Crippen LogP contribution in [0.15, 0.2) is 41.5 Å². The Morgan fingerprint density at radius 3 is 2.53 bits per heavy atom. The van der Waals surface area contributed by atoms with E-state index in [0.29, 0.717) is 71.6 Å². The van der Waals surface area contributed by atoms with E-state index >= 15 is 0 Å². The van der Waals surface area contributed by atoms with Gasteiger partial charge in [-0.25, -0.2) is 20.4 Å². The van der Waals surface area contributed by atoms with Crippen LogP contribution in [-0.4, -0.2) is 79.6 Å². The lowest BCUT2D eigenvalue weighted by molar-refractivity contribution is -0.140. The molecule has 3 aromatic heterocycles. The number of nitrogens with one attached hydrogen (secondary N) is 1. The van der Waals surface area contributed by atoms with Crippen molar-refractivity contribution in [1.29, 1.82) is 0 Å². The second-order valence-electron chi connectivity index (χ2n) is 13.9. The van der Waals surface area contributed by atoms with Crippen LogP contribution >= 0.6 is 0 Å². The molecule has 0 unspecified atom stereocenters. The zero-order chi connectivity index (χ0) is 36.0. The summed E-state index contributed by atoms with van der Waals surface area (Å²) in [5.41, 5.74) is 4.33. The summed E-state index contributed by atoms with van der Waals surface area (Å²) in [7, 11) is 3.89. The number of aromatic nitrogens is 4. The van der Waals surface area contributed by atoms with Gasteiger partial charge in [0.2, 0.25) is 5.95 Å². The molecule has 0 bridgehead atoms. The molecular formula is C37H41N7O7. The van der Waals surface area contributed by atoms with E-state index in [0.717, 1.165) is 42.4 Å². The third kappa shape index (κ3) is 6.28. The highest BCUT2D eigenvalue weighted by Crippen LogP contribution is 2.40. The van der Waals surface area contributed by atoms with Gasteiger partial charge in [-0.2, -0.15) is 0 Å². The molecule has 1 atom stereocenters. The van der Waals surface area contributed by atoms with Crippen LogP contribution in [0.3, 0.4) is 0 Å². The lowest BCUT2D eigenvalue weighted by atomic mass is 9.77. The fraction of sp³-hybridized carbons (Fsp3) is 0.432. The number of aliphatic hydroxyl groups is 1. The highest BCUT2D eigenvalue weighted by Gasteiger charge is 2.43. The summed E-state index contributed by atoms with van der Waals surface area (Å²) in [6.45, 7) is 4.01. The number of carbonyl (C=O) groups excluding carboxylic acids is 3. The summed E-state index contributed by atoms with van der Waals surface area (Å²) >= 11 is 0. The minimum Gasteiger partial charge on any atom is -0.426 e. The first-order valence-electron chi connectivity index (χ1n) is 17.4. The maximum Gasteiger partial charge on any atom is 0.311 e. The number of nitrogens with zero attached hydrogens (tertiary/aromatic N) is 6. The van der Waals surface area contributed by atoms with Crippen molar-refractivity contribution in [3.05, 3.63) is 74.8 Å². The quantitative estimate of drug-likeness (QED) is 0.0889. The first kappa shape index (κ1) is 34.4. The second-order valence-corrected chi connectivity index (χ2v) is 13.9. The van der Waals surface area contributed by atoms with Crippen molar-refractivity contribution >= 4 is 34.5 Å². The van der Waals surface area contributed by atoms with E-state index in [-0.39, 0.29) is 42.1 Å². The van der Waals surface area contributed by atoms with Crippen molar-refractivity contribution in [3.8, 4) is 17.1 Å². The van der Waals surface area contributed by atoms with Gasteiger partial charge in [0.1, 0.15) is 11.4 Å². The molecule has 4 aromatic rings. The Morgan fingerprint density at radius 2 is 1.84 bits per heavy atom. The highest BCUT2D eigenvalue weighted by molar-refractivity contribution is 5.93. The van der Waals surface area contributed by atoms with Crippen molar-refractivity contribution in [2.45, 2.75) is 70.6 Å². The number of carbonyl (C=O) groups is 3. The number of amides is 1. The number of ether oxygens (including phenoxy) is 1. The van der Waals surface area contributed by atoms with Crippen molar-refractivity contribution in [1.82, 2.24) is 29.9 Å². The average Bonchev–Trinajstić information content (AvgIpc) is 3.50. The number of rotatable bonds is 9. The van der Waals surface area contributed by atoms with Crippen molar-refractivity contribution in [3.63, 3.8) is 0 Å². The summed E-state index contributed by atoms with van der Waals surface area (Å²) in [4.78, 5) is 68.7. The van der Waals surface area contributed by atoms with E-state index in [9.17, 15) is 24.3 Å². The Morgan fingerprint density at radius 1 is 1.10 bits per heavy atom. The zero-order valence-corrected chi connectivity index (χ0v) is 28.9. The summed E-state index contributed by atoms with van der Waals surface area (Å²) in [6, 6.07) is 7.39. The lowest BCUT2D eigenvalue weighted by Gasteiger charge is -2.32. The van der Waals surface area contributed by atoms with Gasteiger partial charge in [0.15, 0.2) is 5.78 Å². The first-order chi connectivity index (χ1) is 24.5. The van der Waals surface area contributed by atoms with Crippen LogP contribution in [0.1, 0.15) is 78.1 Å². The standard InChI is InChI=1S/C37H41N7O7/c1-4-37(49)27-16-29-33-22(19-44(29)35(48)24(27)6-9-31(37)45)15-25-26(20-42(2)3)30(8-7-28(25)40-33)51-32(46)10-5-21-11-13-43(14-12-21)36-38-17-23(18-39-36)34(47)41-50/h7-8,15-18,21,49-50H,4-6,9-14,19-20H2,1-3H3,(H,41,47)/t37-/m0/s1. The Hall–Kier alpha value is -5.05. The molecule has 14 nitrogen and oxygen atoms in total. The normalized spacial score (nSPS) is 18.5. The predicted octanol–water partition coefficient (Wildman–Crippen LogP) is 3.11. The van der Waals surface area contributed by atoms with Crippen molar-refractivity contribution < 1.29 is 29.4 Å². The molecule has 0 saturated carbocycles. The summed E-state index contributed by atoms with van der Waals surface area (Å²) in [5.74, 6) is 0.0812. The Bertz CT molecular complexity index is 2110. The van der Waals surface area contributed by atoms with Gasteiger partial charge in [-0.1, -0.05) is 6.92 Å². The minimum absolute atomic E-state index is 0.135. The Kier molecular flexibility index (Phi) is 9.16. The van der Waals surface area contributed by atoms with Crippen molar-refractivity contribution in [2.24, 2.45) is 5.92 Å².